The van der Waals surface area contributed by atoms with Gasteiger partial charge in [0.25, 0.3) is 0 Å². The third kappa shape index (κ3) is 3.43. The number of ether oxygens (including phenoxy) is 1. The Morgan fingerprint density at radius 1 is 1.26 bits per heavy atom. The maximum atomic E-state index is 11.9. The first-order valence-corrected chi connectivity index (χ1v) is 6.85. The van der Waals surface area contributed by atoms with E-state index in [-0.39, 0.29) is 24.1 Å². The fourth-order valence-electron chi connectivity index (χ4n) is 2.64. The van der Waals surface area contributed by atoms with Crippen molar-refractivity contribution in [2.24, 2.45) is 5.92 Å². The van der Waals surface area contributed by atoms with Crippen LogP contribution < -0.4 is 4.74 Å². The van der Waals surface area contributed by atoms with Gasteiger partial charge in [-0.3, -0.25) is 9.59 Å². The van der Waals surface area contributed by atoms with Crippen LogP contribution >= 0.6 is 0 Å². The summed E-state index contributed by atoms with van der Waals surface area (Å²) in [5.74, 6) is 1.10. The average Bonchev–Trinajstić information content (AvgIpc) is 2.89. The molecule has 0 amide bonds. The lowest BCUT2D eigenvalue weighted by atomic mass is 10.0. The van der Waals surface area contributed by atoms with E-state index < -0.39 is 0 Å². The minimum Gasteiger partial charge on any atom is -0.486 e. The normalized spacial score (nSPS) is 15.5. The number of benzene rings is 1. The first-order valence-electron chi connectivity index (χ1n) is 6.85. The zero-order chi connectivity index (χ0) is 13.8. The first-order chi connectivity index (χ1) is 9.08. The molecule has 2 rings (SSSR count). The predicted octanol–water partition coefficient (Wildman–Crippen LogP) is 3.34. The molecule has 0 saturated heterocycles. The number of hydrogen-bond donors (Lipinski definition) is 0. The van der Waals surface area contributed by atoms with Crippen LogP contribution in [0.25, 0.3) is 0 Å². The molecule has 0 radical (unpaired) electrons. The maximum absolute atomic E-state index is 11.9. The van der Waals surface area contributed by atoms with E-state index in [9.17, 15) is 9.59 Å². The highest BCUT2D eigenvalue weighted by Gasteiger charge is 2.22. The molecule has 0 spiro atoms. The third-order valence-electron chi connectivity index (χ3n) is 3.77. The van der Waals surface area contributed by atoms with E-state index in [4.69, 9.17) is 4.74 Å². The van der Waals surface area contributed by atoms with Gasteiger partial charge in [-0.1, -0.05) is 12.8 Å². The Labute approximate surface area is 114 Å². The summed E-state index contributed by atoms with van der Waals surface area (Å²) >= 11 is 0. The van der Waals surface area contributed by atoms with Crippen LogP contribution in [0.1, 0.15) is 48.5 Å². The molecule has 1 aromatic rings. The highest BCUT2D eigenvalue weighted by Crippen LogP contribution is 2.26. The fourth-order valence-corrected chi connectivity index (χ4v) is 2.64. The molecule has 102 valence electrons. The molecule has 3 heteroatoms. The van der Waals surface area contributed by atoms with Crippen LogP contribution in [0.4, 0.5) is 0 Å². The third-order valence-corrected chi connectivity index (χ3v) is 3.77. The predicted molar refractivity (Wildman–Crippen MR) is 73.6 cm³/mol. The molecule has 0 atom stereocenters. The molecule has 0 bridgehead atoms. The molecule has 1 fully saturated rings. The van der Waals surface area contributed by atoms with Gasteiger partial charge in [0.15, 0.2) is 11.6 Å². The summed E-state index contributed by atoms with van der Waals surface area (Å²) in [6.45, 7) is 3.57. The molecule has 1 aliphatic carbocycles. The number of hydrogen-bond acceptors (Lipinski definition) is 3. The van der Waals surface area contributed by atoms with Gasteiger partial charge in [-0.05, 0) is 50.5 Å². The van der Waals surface area contributed by atoms with Gasteiger partial charge in [-0.2, -0.15) is 0 Å². The van der Waals surface area contributed by atoms with Gasteiger partial charge in [0.2, 0.25) is 0 Å². The van der Waals surface area contributed by atoms with Crippen molar-refractivity contribution in [2.75, 3.05) is 6.61 Å². The Morgan fingerprint density at radius 2 is 1.95 bits per heavy atom. The van der Waals surface area contributed by atoms with Crippen molar-refractivity contribution < 1.29 is 14.3 Å². The second-order valence-electron chi connectivity index (χ2n) is 5.27. The van der Waals surface area contributed by atoms with Crippen LogP contribution in [0.15, 0.2) is 18.2 Å². The monoisotopic (exact) mass is 260 g/mol. The maximum Gasteiger partial charge on any atom is 0.173 e. The highest BCUT2D eigenvalue weighted by atomic mass is 16.5. The van der Waals surface area contributed by atoms with Crippen molar-refractivity contribution in [3.05, 3.63) is 29.3 Å². The molecule has 0 heterocycles. The van der Waals surface area contributed by atoms with Gasteiger partial charge in [-0.15, -0.1) is 0 Å². The van der Waals surface area contributed by atoms with Crippen molar-refractivity contribution in [1.82, 2.24) is 0 Å². The lowest BCUT2D eigenvalue weighted by Gasteiger charge is -2.11. The van der Waals surface area contributed by atoms with Crippen molar-refractivity contribution >= 4 is 11.6 Å². The smallest absolute Gasteiger partial charge is 0.173 e. The van der Waals surface area contributed by atoms with E-state index in [1.807, 2.05) is 13.0 Å². The zero-order valence-corrected chi connectivity index (χ0v) is 11.6. The van der Waals surface area contributed by atoms with Crippen molar-refractivity contribution in [3.63, 3.8) is 0 Å². The van der Waals surface area contributed by atoms with E-state index >= 15 is 0 Å². The van der Waals surface area contributed by atoms with Crippen LogP contribution in [-0.4, -0.2) is 18.2 Å². The van der Waals surface area contributed by atoms with E-state index in [0.29, 0.717) is 11.3 Å². The Hall–Kier alpha value is -1.64. The van der Waals surface area contributed by atoms with E-state index in [2.05, 4.69) is 0 Å². The van der Waals surface area contributed by atoms with Crippen LogP contribution in [0.3, 0.4) is 0 Å². The molecule has 1 aromatic carbocycles. The quantitative estimate of drug-likeness (QED) is 0.763. The molecule has 0 unspecified atom stereocenters. The number of carbonyl (C=O) groups excluding carboxylic acids is 2. The lowest BCUT2D eigenvalue weighted by Crippen LogP contribution is -2.19. The topological polar surface area (TPSA) is 43.4 Å². The minimum absolute atomic E-state index is 0.0473. The highest BCUT2D eigenvalue weighted by molar-refractivity contribution is 5.95. The van der Waals surface area contributed by atoms with Gasteiger partial charge in [0.05, 0.1) is 0 Å². The SMILES string of the molecule is CC(=O)c1ccc(OCC(=O)C2CCCC2)cc1C. The second kappa shape index (κ2) is 6.00. The summed E-state index contributed by atoms with van der Waals surface area (Å²) in [6.07, 6.45) is 4.32. The van der Waals surface area contributed by atoms with Gasteiger partial charge in [0.1, 0.15) is 12.4 Å². The van der Waals surface area contributed by atoms with Crippen molar-refractivity contribution in [3.8, 4) is 5.75 Å². The second-order valence-corrected chi connectivity index (χ2v) is 5.27. The number of carbonyl (C=O) groups is 2. The molecule has 1 aliphatic rings. The number of rotatable bonds is 5. The largest absolute Gasteiger partial charge is 0.486 e. The Morgan fingerprint density at radius 3 is 2.53 bits per heavy atom. The number of Topliss-reactive ketones (excluding diaryl/α,β-unsaturated/α-hetero) is 2. The Kier molecular flexibility index (Phi) is 4.35. The molecular weight excluding hydrogens is 240 g/mol. The molecule has 0 N–H and O–H groups in total. The Bertz CT molecular complexity index is 485. The summed E-state index contributed by atoms with van der Waals surface area (Å²) < 4.78 is 5.53. The number of aryl methyl sites for hydroxylation is 1. The molecule has 0 aliphatic heterocycles. The molecule has 19 heavy (non-hydrogen) atoms. The van der Waals surface area contributed by atoms with Crippen molar-refractivity contribution in [1.29, 1.82) is 0 Å². The van der Waals surface area contributed by atoms with Gasteiger partial charge >= 0.3 is 0 Å². The van der Waals surface area contributed by atoms with Crippen LogP contribution in [0.2, 0.25) is 0 Å². The summed E-state index contributed by atoms with van der Waals surface area (Å²) in [4.78, 5) is 23.2. The summed E-state index contributed by atoms with van der Waals surface area (Å²) in [5.41, 5.74) is 1.59. The zero-order valence-electron chi connectivity index (χ0n) is 11.6. The summed E-state index contributed by atoms with van der Waals surface area (Å²) in [6, 6.07) is 5.33. The van der Waals surface area contributed by atoms with Crippen LogP contribution in [0, 0.1) is 12.8 Å². The first kappa shape index (κ1) is 13.8. The lowest BCUT2D eigenvalue weighted by molar-refractivity contribution is -0.124. The fraction of sp³-hybridized carbons (Fsp3) is 0.500. The molecule has 0 aromatic heterocycles. The Balaban J connectivity index is 1.94. The van der Waals surface area contributed by atoms with Gasteiger partial charge in [0, 0.05) is 11.5 Å². The van der Waals surface area contributed by atoms with E-state index in [0.717, 1.165) is 31.2 Å². The average molecular weight is 260 g/mol. The van der Waals surface area contributed by atoms with E-state index in [1.165, 1.54) is 0 Å². The van der Waals surface area contributed by atoms with Gasteiger partial charge in [-0.25, -0.2) is 0 Å². The van der Waals surface area contributed by atoms with Gasteiger partial charge < -0.3 is 4.74 Å². The summed E-state index contributed by atoms with van der Waals surface area (Å²) in [5, 5.41) is 0. The van der Waals surface area contributed by atoms with E-state index in [1.54, 1.807) is 19.1 Å². The standard InChI is InChI=1S/C16H20O3/c1-11-9-14(7-8-15(11)12(2)17)19-10-16(18)13-5-3-4-6-13/h7-9,13H,3-6,10H2,1-2H3. The van der Waals surface area contributed by atoms with Crippen molar-refractivity contribution in [2.45, 2.75) is 39.5 Å². The summed E-state index contributed by atoms with van der Waals surface area (Å²) in [7, 11) is 0. The van der Waals surface area contributed by atoms with Crippen LogP contribution in [0.5, 0.6) is 5.75 Å². The number of ketones is 2. The molecule has 1 saturated carbocycles. The molecule has 3 nitrogen and oxygen atoms in total. The van der Waals surface area contributed by atoms with Crippen LogP contribution in [-0.2, 0) is 4.79 Å². The molecular formula is C16H20O3. The minimum atomic E-state index is 0.0473.